The molecule has 0 fully saturated rings. The number of hydrogen-bond acceptors (Lipinski definition) is 2. The van der Waals surface area contributed by atoms with Gasteiger partial charge in [0.2, 0.25) is 0 Å². The Hall–Kier alpha value is -1.06. The highest BCUT2D eigenvalue weighted by atomic mass is 35.5. The van der Waals surface area contributed by atoms with Gasteiger partial charge in [-0.05, 0) is 12.1 Å². The molecule has 2 rings (SSSR count). The molecule has 0 spiro atoms. The first-order chi connectivity index (χ1) is 5.81. The molecule has 0 radical (unpaired) electrons. The number of rotatable bonds is 1. The summed E-state index contributed by atoms with van der Waals surface area (Å²) in [6.07, 6.45) is 3.52. The van der Waals surface area contributed by atoms with Gasteiger partial charge in [-0.2, -0.15) is 0 Å². The van der Waals surface area contributed by atoms with Crippen molar-refractivity contribution < 1.29 is 0 Å². The topological polar surface area (TPSA) is 43.8 Å². The summed E-state index contributed by atoms with van der Waals surface area (Å²) in [6.45, 7) is 0.443. The van der Waals surface area contributed by atoms with Gasteiger partial charge in [0.15, 0.2) is 0 Å². The summed E-state index contributed by atoms with van der Waals surface area (Å²) in [7, 11) is 0. The molecule has 12 heavy (non-hydrogen) atoms. The second-order valence-corrected chi connectivity index (χ2v) is 2.97. The first-order valence-electron chi connectivity index (χ1n) is 3.62. The van der Waals surface area contributed by atoms with Crippen molar-refractivity contribution in [2.24, 2.45) is 5.73 Å². The third kappa shape index (κ3) is 1.07. The van der Waals surface area contributed by atoms with Gasteiger partial charge < -0.3 is 10.3 Å². The van der Waals surface area contributed by atoms with Crippen LogP contribution >= 0.6 is 11.6 Å². The van der Waals surface area contributed by atoms with Gasteiger partial charge >= 0.3 is 0 Å². The van der Waals surface area contributed by atoms with Crippen LogP contribution in [0.3, 0.4) is 0 Å². The first-order valence-corrected chi connectivity index (χ1v) is 3.99. The Morgan fingerprint density at radius 2 is 2.42 bits per heavy atom. The lowest BCUT2D eigenvalue weighted by Gasteiger charge is -1.98. The summed E-state index contributed by atoms with van der Waals surface area (Å²) in [6, 6.07) is 3.82. The van der Waals surface area contributed by atoms with Gasteiger partial charge in [-0.3, -0.25) is 0 Å². The van der Waals surface area contributed by atoms with Crippen LogP contribution in [0, 0.1) is 0 Å². The number of halogens is 1. The Morgan fingerprint density at radius 3 is 3.17 bits per heavy atom. The Balaban J connectivity index is 2.73. The van der Waals surface area contributed by atoms with Gasteiger partial charge in [-0.25, -0.2) is 4.98 Å². The third-order valence-electron chi connectivity index (χ3n) is 1.76. The largest absolute Gasteiger partial charge is 0.319 e. The van der Waals surface area contributed by atoms with Crippen molar-refractivity contribution >= 4 is 22.6 Å². The average Bonchev–Trinajstić information content (AvgIpc) is 2.46. The van der Waals surface area contributed by atoms with Crippen molar-refractivity contribution in [1.82, 2.24) is 9.55 Å². The summed E-state index contributed by atoms with van der Waals surface area (Å²) in [5.41, 5.74) is 6.37. The van der Waals surface area contributed by atoms with Crippen molar-refractivity contribution in [3.63, 3.8) is 0 Å². The van der Waals surface area contributed by atoms with Crippen LogP contribution < -0.4 is 5.73 Å². The Bertz CT molecular complexity index is 408. The molecule has 2 aromatic rings. The Labute approximate surface area is 74.8 Å². The molecular formula is C8H8ClN3. The number of fused-ring (bicyclic) bond motifs is 1. The minimum absolute atomic E-state index is 0.443. The van der Waals surface area contributed by atoms with Gasteiger partial charge in [-0.15, -0.1) is 0 Å². The van der Waals surface area contributed by atoms with Gasteiger partial charge in [-0.1, -0.05) is 11.6 Å². The van der Waals surface area contributed by atoms with Gasteiger partial charge in [0.05, 0.1) is 11.7 Å². The van der Waals surface area contributed by atoms with Crippen LogP contribution in [0.25, 0.3) is 11.0 Å². The van der Waals surface area contributed by atoms with E-state index in [9.17, 15) is 0 Å². The fourth-order valence-corrected chi connectivity index (χ4v) is 1.36. The fraction of sp³-hybridized carbons (Fsp3) is 0.125. The summed E-state index contributed by atoms with van der Waals surface area (Å²) in [4.78, 5) is 4.16. The molecule has 0 amide bonds. The zero-order chi connectivity index (χ0) is 8.55. The molecule has 2 heterocycles. The summed E-state index contributed by atoms with van der Waals surface area (Å²) in [5.74, 6) is 0. The van der Waals surface area contributed by atoms with E-state index in [-0.39, 0.29) is 0 Å². The van der Waals surface area contributed by atoms with Crippen LogP contribution in [-0.4, -0.2) is 9.55 Å². The molecule has 0 atom stereocenters. The number of hydrogen-bond donors (Lipinski definition) is 1. The highest BCUT2D eigenvalue weighted by Gasteiger charge is 2.00. The number of nitrogens with two attached hydrogens (primary N) is 1. The third-order valence-corrected chi connectivity index (χ3v) is 1.97. The van der Waals surface area contributed by atoms with Gasteiger partial charge in [0.1, 0.15) is 5.65 Å². The number of nitrogens with zero attached hydrogens (tertiary/aromatic N) is 2. The lowest BCUT2D eigenvalue weighted by Crippen LogP contribution is -2.05. The van der Waals surface area contributed by atoms with E-state index in [4.69, 9.17) is 17.3 Å². The van der Waals surface area contributed by atoms with Crippen molar-refractivity contribution in [2.45, 2.75) is 6.67 Å². The van der Waals surface area contributed by atoms with Crippen LogP contribution in [-0.2, 0) is 6.67 Å². The maximum absolute atomic E-state index is 5.77. The highest BCUT2D eigenvalue weighted by Crippen LogP contribution is 2.16. The van der Waals surface area contributed by atoms with Crippen molar-refractivity contribution in [1.29, 1.82) is 0 Å². The van der Waals surface area contributed by atoms with E-state index in [1.807, 2.05) is 22.9 Å². The molecule has 0 aliphatic carbocycles. The lowest BCUT2D eigenvalue weighted by molar-refractivity contribution is 0.755. The monoisotopic (exact) mass is 181 g/mol. The molecule has 2 aromatic heterocycles. The molecule has 62 valence electrons. The second kappa shape index (κ2) is 2.77. The maximum atomic E-state index is 5.77. The van der Waals surface area contributed by atoms with Gasteiger partial charge in [0.25, 0.3) is 0 Å². The lowest BCUT2D eigenvalue weighted by atomic mass is 10.3. The van der Waals surface area contributed by atoms with Crippen molar-refractivity contribution in [2.75, 3.05) is 0 Å². The normalized spacial score (nSPS) is 10.8. The molecule has 0 aromatic carbocycles. The van der Waals surface area contributed by atoms with Crippen LogP contribution in [0.4, 0.5) is 0 Å². The second-order valence-electron chi connectivity index (χ2n) is 2.53. The standard InChI is InChI=1S/C8H8ClN3/c9-7-3-6-1-2-12(5-10)8(6)11-4-7/h1-4H,5,10H2. The van der Waals surface area contributed by atoms with E-state index in [2.05, 4.69) is 4.98 Å². The smallest absolute Gasteiger partial charge is 0.141 e. The van der Waals surface area contributed by atoms with Crippen LogP contribution in [0.15, 0.2) is 24.5 Å². The van der Waals surface area contributed by atoms with Crippen LogP contribution in [0.5, 0.6) is 0 Å². The molecule has 0 bridgehead atoms. The summed E-state index contributed by atoms with van der Waals surface area (Å²) in [5, 5.41) is 1.67. The molecule has 0 aliphatic rings. The highest BCUT2D eigenvalue weighted by molar-refractivity contribution is 6.31. The Kier molecular flexibility index (Phi) is 1.75. The zero-order valence-electron chi connectivity index (χ0n) is 6.37. The van der Waals surface area contributed by atoms with Crippen LogP contribution in [0.2, 0.25) is 5.02 Å². The van der Waals surface area contributed by atoms with Gasteiger partial charge in [0, 0.05) is 17.8 Å². The average molecular weight is 182 g/mol. The van der Waals surface area contributed by atoms with Crippen molar-refractivity contribution in [3.8, 4) is 0 Å². The minimum Gasteiger partial charge on any atom is -0.319 e. The molecular weight excluding hydrogens is 174 g/mol. The predicted molar refractivity (Wildman–Crippen MR) is 48.9 cm³/mol. The molecule has 3 nitrogen and oxygen atoms in total. The van der Waals surface area contributed by atoms with E-state index >= 15 is 0 Å². The SMILES string of the molecule is NCn1ccc2cc(Cl)cnc21. The van der Waals surface area contributed by atoms with E-state index in [0.717, 1.165) is 11.0 Å². The van der Waals surface area contributed by atoms with Crippen LogP contribution in [0.1, 0.15) is 0 Å². The quantitative estimate of drug-likeness (QED) is 0.727. The van der Waals surface area contributed by atoms with E-state index in [0.29, 0.717) is 11.7 Å². The molecule has 0 unspecified atom stereocenters. The predicted octanol–water partition coefficient (Wildman–Crippen LogP) is 1.61. The fourth-order valence-electron chi connectivity index (χ4n) is 1.20. The minimum atomic E-state index is 0.443. The summed E-state index contributed by atoms with van der Waals surface area (Å²) >= 11 is 5.77. The number of pyridine rings is 1. The molecule has 0 aliphatic heterocycles. The van der Waals surface area contributed by atoms with Crippen molar-refractivity contribution in [3.05, 3.63) is 29.5 Å². The summed E-state index contributed by atoms with van der Waals surface area (Å²) < 4.78 is 1.87. The zero-order valence-corrected chi connectivity index (χ0v) is 7.12. The molecule has 0 saturated heterocycles. The van der Waals surface area contributed by atoms with E-state index < -0.39 is 0 Å². The molecule has 0 saturated carbocycles. The molecule has 4 heteroatoms. The van der Waals surface area contributed by atoms with E-state index in [1.165, 1.54) is 0 Å². The molecule has 2 N–H and O–H groups in total. The first kappa shape index (κ1) is 7.58. The maximum Gasteiger partial charge on any atom is 0.141 e. The number of aromatic nitrogens is 2. The Morgan fingerprint density at radius 1 is 1.58 bits per heavy atom. The van der Waals surface area contributed by atoms with E-state index in [1.54, 1.807) is 6.20 Å².